The molecule has 1 amide bonds. The van der Waals surface area contributed by atoms with Crippen LogP contribution in [-0.4, -0.2) is 30.0 Å². The number of thiazole rings is 1. The van der Waals surface area contributed by atoms with Gasteiger partial charge in [0.1, 0.15) is 0 Å². The Labute approximate surface area is 167 Å². The van der Waals surface area contributed by atoms with Gasteiger partial charge in [-0.25, -0.2) is 9.78 Å². The average Bonchev–Trinajstić information content (AvgIpc) is 3.15. The minimum atomic E-state index is -0.610. The Balaban J connectivity index is 1.51. The summed E-state index contributed by atoms with van der Waals surface area (Å²) in [5.74, 6) is -0.409. The van der Waals surface area contributed by atoms with Crippen molar-refractivity contribution in [2.24, 2.45) is 5.92 Å². The molecule has 0 spiro atoms. The van der Waals surface area contributed by atoms with E-state index in [0.717, 1.165) is 23.7 Å². The number of hydrogen-bond donors (Lipinski definition) is 2. The van der Waals surface area contributed by atoms with E-state index in [9.17, 15) is 9.59 Å². The first kappa shape index (κ1) is 19.8. The Morgan fingerprint density at radius 1 is 1.14 bits per heavy atom. The summed E-state index contributed by atoms with van der Waals surface area (Å²) < 4.78 is 5.10. The highest BCUT2D eigenvalue weighted by molar-refractivity contribution is 7.13. The fraction of sp³-hybridized carbons (Fsp3) is 0.286. The number of aromatic nitrogens is 1. The number of hydrogen-bond acceptors (Lipinski definition) is 6. The van der Waals surface area contributed by atoms with Crippen molar-refractivity contribution in [3.63, 3.8) is 0 Å². The molecule has 3 rings (SSSR count). The molecule has 0 aliphatic heterocycles. The van der Waals surface area contributed by atoms with Crippen molar-refractivity contribution in [2.45, 2.75) is 20.3 Å². The topological polar surface area (TPSA) is 80.3 Å². The van der Waals surface area contributed by atoms with Gasteiger partial charge in [-0.15, -0.1) is 11.3 Å². The molecule has 1 heterocycles. The lowest BCUT2D eigenvalue weighted by Crippen LogP contribution is -2.21. The number of rotatable bonds is 8. The van der Waals surface area contributed by atoms with Crippen LogP contribution in [0.5, 0.6) is 0 Å². The van der Waals surface area contributed by atoms with Crippen molar-refractivity contribution < 1.29 is 14.3 Å². The number of ether oxygens (including phenoxy) is 1. The number of amides is 1. The van der Waals surface area contributed by atoms with Gasteiger partial charge in [0.15, 0.2) is 17.4 Å². The first-order chi connectivity index (χ1) is 13.5. The fourth-order valence-electron chi connectivity index (χ4n) is 2.64. The molecule has 28 heavy (non-hydrogen) atoms. The van der Waals surface area contributed by atoms with Gasteiger partial charge in [-0.3, -0.25) is 4.79 Å². The molecule has 0 atom stereocenters. The van der Waals surface area contributed by atoms with Gasteiger partial charge < -0.3 is 15.4 Å². The van der Waals surface area contributed by atoms with E-state index in [2.05, 4.69) is 29.5 Å². The molecule has 146 valence electrons. The van der Waals surface area contributed by atoms with Crippen molar-refractivity contribution in [1.82, 2.24) is 4.98 Å². The number of esters is 1. The van der Waals surface area contributed by atoms with Gasteiger partial charge in [-0.2, -0.15) is 0 Å². The fourth-order valence-corrected chi connectivity index (χ4v) is 3.35. The zero-order chi connectivity index (χ0) is 19.9. The van der Waals surface area contributed by atoms with Crippen LogP contribution in [0.15, 0.2) is 47.8 Å². The summed E-state index contributed by atoms with van der Waals surface area (Å²) in [6.45, 7) is 4.73. The molecule has 0 radical (unpaired) electrons. The largest absolute Gasteiger partial charge is 0.451 e. The number of nitrogens with zero attached hydrogens (tertiary/aromatic N) is 1. The molecule has 0 saturated carbocycles. The van der Waals surface area contributed by atoms with Crippen LogP contribution >= 0.6 is 11.3 Å². The summed E-state index contributed by atoms with van der Waals surface area (Å²) in [6.07, 6.45) is 1.02. The molecule has 6 nitrogen and oxygen atoms in total. The summed E-state index contributed by atoms with van der Waals surface area (Å²) in [5, 5.41) is 10.2. The lowest BCUT2D eigenvalue weighted by atomic mass is 10.1. The normalized spacial score (nSPS) is 10.8. The monoisotopic (exact) mass is 397 g/mol. The van der Waals surface area contributed by atoms with Crippen molar-refractivity contribution in [3.05, 3.63) is 53.5 Å². The van der Waals surface area contributed by atoms with Crippen molar-refractivity contribution in [1.29, 1.82) is 0 Å². The van der Waals surface area contributed by atoms with Gasteiger partial charge in [0, 0.05) is 23.0 Å². The maximum absolute atomic E-state index is 12.2. The molecule has 3 aromatic rings. The standard InChI is InChI=1S/C21H23N3O3S/c1-14(2)10-11-22-21-24-18(13-28-21)20(26)27-12-19(25)23-17-9-5-7-15-6-3-4-8-16(15)17/h3-9,13-14H,10-12H2,1-2H3,(H,22,24)(H,23,25). The van der Waals surface area contributed by atoms with Gasteiger partial charge >= 0.3 is 5.97 Å². The third-order valence-corrected chi connectivity index (χ3v) is 4.91. The van der Waals surface area contributed by atoms with E-state index in [1.54, 1.807) is 5.38 Å². The van der Waals surface area contributed by atoms with Crippen LogP contribution in [-0.2, 0) is 9.53 Å². The molecule has 0 bridgehead atoms. The number of carbonyl (C=O) groups is 2. The molecular formula is C21H23N3O3S. The number of fused-ring (bicyclic) bond motifs is 1. The Kier molecular flexibility index (Phi) is 6.60. The molecule has 0 saturated heterocycles. The van der Waals surface area contributed by atoms with Crippen LogP contribution in [0.4, 0.5) is 10.8 Å². The zero-order valence-corrected chi connectivity index (χ0v) is 16.7. The van der Waals surface area contributed by atoms with E-state index in [4.69, 9.17) is 4.74 Å². The predicted molar refractivity (Wildman–Crippen MR) is 113 cm³/mol. The Morgan fingerprint density at radius 3 is 2.75 bits per heavy atom. The van der Waals surface area contributed by atoms with E-state index < -0.39 is 11.9 Å². The number of nitrogens with one attached hydrogen (secondary N) is 2. The summed E-state index contributed by atoms with van der Waals surface area (Å²) in [6, 6.07) is 13.4. The highest BCUT2D eigenvalue weighted by Gasteiger charge is 2.15. The molecule has 0 aliphatic carbocycles. The van der Waals surface area contributed by atoms with Crippen LogP contribution in [0.1, 0.15) is 30.8 Å². The predicted octanol–water partition coefficient (Wildman–Crippen LogP) is 4.55. The minimum absolute atomic E-state index is 0.204. The van der Waals surface area contributed by atoms with Gasteiger partial charge in [0.05, 0.1) is 0 Å². The van der Waals surface area contributed by atoms with Crippen LogP contribution in [0.3, 0.4) is 0 Å². The molecule has 0 aliphatic rings. The molecule has 2 aromatic carbocycles. The first-order valence-electron chi connectivity index (χ1n) is 9.17. The molecule has 7 heteroatoms. The minimum Gasteiger partial charge on any atom is -0.451 e. The Bertz CT molecular complexity index is 963. The lowest BCUT2D eigenvalue weighted by Gasteiger charge is -2.09. The van der Waals surface area contributed by atoms with Crippen LogP contribution in [0.2, 0.25) is 0 Å². The van der Waals surface area contributed by atoms with Gasteiger partial charge in [-0.1, -0.05) is 50.2 Å². The molecule has 1 aromatic heterocycles. The zero-order valence-electron chi connectivity index (χ0n) is 15.9. The second-order valence-electron chi connectivity index (χ2n) is 6.80. The molecule has 0 fully saturated rings. The van der Waals surface area contributed by atoms with Crippen molar-refractivity contribution in [2.75, 3.05) is 23.8 Å². The molecular weight excluding hydrogens is 374 g/mol. The van der Waals surface area contributed by atoms with Gasteiger partial charge in [0.2, 0.25) is 0 Å². The van der Waals surface area contributed by atoms with E-state index in [1.165, 1.54) is 11.3 Å². The van der Waals surface area contributed by atoms with E-state index >= 15 is 0 Å². The summed E-state index contributed by atoms with van der Waals surface area (Å²) in [4.78, 5) is 28.5. The van der Waals surface area contributed by atoms with E-state index in [0.29, 0.717) is 16.7 Å². The molecule has 2 N–H and O–H groups in total. The summed E-state index contributed by atoms with van der Waals surface area (Å²) in [5.41, 5.74) is 0.888. The number of benzene rings is 2. The van der Waals surface area contributed by atoms with E-state index in [-0.39, 0.29) is 12.3 Å². The third-order valence-electron chi connectivity index (χ3n) is 4.11. The highest BCUT2D eigenvalue weighted by Crippen LogP contribution is 2.23. The van der Waals surface area contributed by atoms with Crippen molar-refractivity contribution in [3.8, 4) is 0 Å². The van der Waals surface area contributed by atoms with Crippen LogP contribution in [0.25, 0.3) is 10.8 Å². The molecule has 0 unspecified atom stereocenters. The summed E-state index contributed by atoms with van der Waals surface area (Å²) in [7, 11) is 0. The van der Waals surface area contributed by atoms with Crippen LogP contribution < -0.4 is 10.6 Å². The second kappa shape index (κ2) is 9.32. The van der Waals surface area contributed by atoms with Crippen molar-refractivity contribution >= 4 is 44.8 Å². The SMILES string of the molecule is CC(C)CCNc1nc(C(=O)OCC(=O)Nc2cccc3ccccc23)cs1. The maximum Gasteiger partial charge on any atom is 0.358 e. The summed E-state index contributed by atoms with van der Waals surface area (Å²) >= 11 is 1.34. The van der Waals surface area contributed by atoms with Gasteiger partial charge in [-0.05, 0) is 23.8 Å². The Morgan fingerprint density at radius 2 is 1.93 bits per heavy atom. The number of carbonyl (C=O) groups excluding carboxylic acids is 2. The maximum atomic E-state index is 12.2. The first-order valence-corrected chi connectivity index (χ1v) is 10.0. The highest BCUT2D eigenvalue weighted by atomic mass is 32.1. The van der Waals surface area contributed by atoms with E-state index in [1.807, 2.05) is 42.5 Å². The average molecular weight is 398 g/mol. The lowest BCUT2D eigenvalue weighted by molar-refractivity contribution is -0.119. The Hall–Kier alpha value is -2.93. The third kappa shape index (κ3) is 5.29. The van der Waals surface area contributed by atoms with Gasteiger partial charge in [0.25, 0.3) is 5.91 Å². The quantitative estimate of drug-likeness (QED) is 0.545. The van der Waals surface area contributed by atoms with Crippen LogP contribution in [0, 0.1) is 5.92 Å². The smallest absolute Gasteiger partial charge is 0.358 e. The number of anilines is 2. The second-order valence-corrected chi connectivity index (χ2v) is 7.66.